The summed E-state index contributed by atoms with van der Waals surface area (Å²) in [7, 11) is 1.76. The summed E-state index contributed by atoms with van der Waals surface area (Å²) in [6.07, 6.45) is 11.3. The van der Waals surface area contributed by atoms with Crippen molar-refractivity contribution in [3.8, 4) is 0 Å². The van der Waals surface area contributed by atoms with Gasteiger partial charge in [-0.2, -0.15) is 0 Å². The smallest absolute Gasteiger partial charge is 0.246 e. The Morgan fingerprint density at radius 2 is 1.83 bits per heavy atom. The average Bonchev–Trinajstić information content (AvgIpc) is 3.56. The number of Topliss-reactive ketones (excluding diaryl/α,β-unsaturated/α-hetero) is 1. The van der Waals surface area contributed by atoms with Crippen LogP contribution in [0.2, 0.25) is 0 Å². The quantitative estimate of drug-likeness (QED) is 0.511. The number of likely N-dealkylation sites (tertiary alicyclic amines) is 1. The van der Waals surface area contributed by atoms with Gasteiger partial charge < -0.3 is 15.5 Å². The average molecular weight is 503 g/mol. The summed E-state index contributed by atoms with van der Waals surface area (Å²) in [5, 5.41) is 8.83. The zero-order valence-corrected chi connectivity index (χ0v) is 22.4. The van der Waals surface area contributed by atoms with Crippen LogP contribution in [0.4, 0.5) is 0 Å². The highest BCUT2D eigenvalue weighted by atomic mass is 32.1. The maximum absolute atomic E-state index is 13.9. The molecule has 5 atom stereocenters. The normalized spacial score (nSPS) is 27.4. The SMILES string of the molecule is CN[C@@H](C)C(=O)N[C@H](C(=O)N1CCCC1c1nc(C(=O)C2CCCC(C)C2)cs1)C1CCCCC1. The number of nitrogens with one attached hydrogen (secondary N) is 2. The molecular formula is C27H42N4O3S. The first-order chi connectivity index (χ1) is 16.9. The molecule has 3 fully saturated rings. The molecule has 4 rings (SSSR count). The third-order valence-electron chi connectivity index (χ3n) is 8.41. The molecule has 8 heteroatoms. The van der Waals surface area contributed by atoms with Crippen molar-refractivity contribution in [2.45, 2.75) is 103 Å². The van der Waals surface area contributed by atoms with Gasteiger partial charge in [0.2, 0.25) is 11.8 Å². The lowest BCUT2D eigenvalue weighted by Crippen LogP contribution is -2.55. The summed E-state index contributed by atoms with van der Waals surface area (Å²) in [4.78, 5) is 46.5. The van der Waals surface area contributed by atoms with E-state index in [0.717, 1.165) is 62.8 Å². The van der Waals surface area contributed by atoms with E-state index in [9.17, 15) is 14.4 Å². The number of carbonyl (C=O) groups excluding carboxylic acids is 3. The molecule has 2 N–H and O–H groups in total. The van der Waals surface area contributed by atoms with Crippen molar-refractivity contribution in [2.75, 3.05) is 13.6 Å². The van der Waals surface area contributed by atoms with Crippen molar-refractivity contribution >= 4 is 28.9 Å². The van der Waals surface area contributed by atoms with Gasteiger partial charge in [0, 0.05) is 17.8 Å². The first-order valence-corrected chi connectivity index (χ1v) is 14.5. The Morgan fingerprint density at radius 1 is 1.06 bits per heavy atom. The minimum absolute atomic E-state index is 0.0141. The lowest BCUT2D eigenvalue weighted by atomic mass is 9.80. The van der Waals surface area contributed by atoms with E-state index in [-0.39, 0.29) is 41.5 Å². The summed E-state index contributed by atoms with van der Waals surface area (Å²) in [6.45, 7) is 4.72. The van der Waals surface area contributed by atoms with E-state index in [1.165, 1.54) is 24.2 Å². The number of aromatic nitrogens is 1. The lowest BCUT2D eigenvalue weighted by molar-refractivity contribution is -0.139. The topological polar surface area (TPSA) is 91.4 Å². The molecule has 0 spiro atoms. The van der Waals surface area contributed by atoms with E-state index in [2.05, 4.69) is 17.6 Å². The molecule has 0 radical (unpaired) electrons. The number of hydrogen-bond acceptors (Lipinski definition) is 6. The molecule has 0 aromatic carbocycles. The Hall–Kier alpha value is -1.80. The van der Waals surface area contributed by atoms with Crippen LogP contribution in [0.5, 0.6) is 0 Å². The fourth-order valence-electron chi connectivity index (χ4n) is 6.16. The number of carbonyl (C=O) groups is 3. The van der Waals surface area contributed by atoms with Gasteiger partial charge in [-0.3, -0.25) is 14.4 Å². The van der Waals surface area contributed by atoms with Crippen molar-refractivity contribution < 1.29 is 14.4 Å². The molecule has 2 saturated carbocycles. The van der Waals surface area contributed by atoms with E-state index in [0.29, 0.717) is 18.2 Å². The maximum atomic E-state index is 13.9. The van der Waals surface area contributed by atoms with E-state index < -0.39 is 6.04 Å². The minimum Gasteiger partial charge on any atom is -0.343 e. The van der Waals surface area contributed by atoms with Crippen LogP contribution in [-0.4, -0.2) is 53.2 Å². The molecule has 0 bridgehead atoms. The molecule has 2 amide bonds. The van der Waals surface area contributed by atoms with E-state index in [1.54, 1.807) is 7.05 Å². The molecule has 1 aromatic rings. The number of thiazole rings is 1. The van der Waals surface area contributed by atoms with E-state index in [4.69, 9.17) is 4.98 Å². The van der Waals surface area contributed by atoms with E-state index in [1.807, 2.05) is 17.2 Å². The number of ketones is 1. The second-order valence-electron chi connectivity index (χ2n) is 11.0. The minimum atomic E-state index is -0.496. The Kier molecular flexibility index (Phi) is 8.97. The van der Waals surface area contributed by atoms with Crippen LogP contribution in [0, 0.1) is 17.8 Å². The monoisotopic (exact) mass is 502 g/mol. The van der Waals surface area contributed by atoms with Crippen LogP contribution in [0.15, 0.2) is 5.38 Å². The van der Waals surface area contributed by atoms with Crippen molar-refractivity contribution in [3.05, 3.63) is 16.1 Å². The lowest BCUT2D eigenvalue weighted by Gasteiger charge is -2.35. The van der Waals surface area contributed by atoms with Gasteiger partial charge in [-0.15, -0.1) is 11.3 Å². The zero-order chi connectivity index (χ0) is 24.9. The fourth-order valence-corrected chi connectivity index (χ4v) is 7.11. The van der Waals surface area contributed by atoms with Crippen molar-refractivity contribution in [3.63, 3.8) is 0 Å². The predicted octanol–water partition coefficient (Wildman–Crippen LogP) is 4.49. The molecule has 1 saturated heterocycles. The summed E-state index contributed by atoms with van der Waals surface area (Å²) in [5.74, 6) is 0.901. The Bertz CT molecular complexity index is 897. The van der Waals surface area contributed by atoms with E-state index >= 15 is 0 Å². The highest BCUT2D eigenvalue weighted by Gasteiger charge is 2.40. The van der Waals surface area contributed by atoms with Crippen LogP contribution in [0.3, 0.4) is 0 Å². The predicted molar refractivity (Wildman–Crippen MR) is 138 cm³/mol. The standard InChI is InChI=1S/C27H42N4O3S/c1-17-9-7-12-20(15-17)24(32)21-16-35-26(29-21)22-13-8-14-31(22)27(34)23(19-10-5-4-6-11-19)30-25(33)18(2)28-3/h16-20,22-23,28H,4-15H2,1-3H3,(H,30,33)/t17?,18-,20?,22?,23-/m0/s1. The molecule has 7 nitrogen and oxygen atoms in total. The van der Waals surface area contributed by atoms with Crippen LogP contribution in [0.1, 0.15) is 106 Å². The first kappa shape index (κ1) is 26.3. The van der Waals surface area contributed by atoms with Crippen molar-refractivity contribution in [2.24, 2.45) is 17.8 Å². The molecule has 2 heterocycles. The molecule has 1 aliphatic heterocycles. The van der Waals surface area contributed by atoms with Gasteiger partial charge in [0.25, 0.3) is 0 Å². The highest BCUT2D eigenvalue weighted by molar-refractivity contribution is 7.09. The Labute approximate surface area is 213 Å². The molecule has 3 aliphatic rings. The number of amides is 2. The highest BCUT2D eigenvalue weighted by Crippen LogP contribution is 2.37. The number of rotatable bonds is 8. The Morgan fingerprint density at radius 3 is 2.54 bits per heavy atom. The van der Waals surface area contributed by atoms with Gasteiger partial charge in [-0.05, 0) is 64.3 Å². The first-order valence-electron chi connectivity index (χ1n) is 13.7. The Balaban J connectivity index is 1.49. The van der Waals surface area contributed by atoms with Gasteiger partial charge in [0.1, 0.15) is 16.7 Å². The van der Waals surface area contributed by atoms with Crippen LogP contribution >= 0.6 is 11.3 Å². The molecule has 35 heavy (non-hydrogen) atoms. The van der Waals surface area contributed by atoms with Gasteiger partial charge in [0.05, 0.1) is 12.1 Å². The van der Waals surface area contributed by atoms with Crippen molar-refractivity contribution in [1.29, 1.82) is 0 Å². The van der Waals surface area contributed by atoms with Gasteiger partial charge in [-0.25, -0.2) is 4.98 Å². The second kappa shape index (κ2) is 12.0. The molecular weight excluding hydrogens is 460 g/mol. The fraction of sp³-hybridized carbons (Fsp3) is 0.778. The van der Waals surface area contributed by atoms with Crippen LogP contribution in [0.25, 0.3) is 0 Å². The summed E-state index contributed by atoms with van der Waals surface area (Å²) in [5.41, 5.74) is 0.573. The van der Waals surface area contributed by atoms with Gasteiger partial charge >= 0.3 is 0 Å². The van der Waals surface area contributed by atoms with Crippen LogP contribution < -0.4 is 10.6 Å². The number of likely N-dealkylation sites (N-methyl/N-ethyl adjacent to an activating group) is 1. The number of nitrogens with zero attached hydrogens (tertiary/aromatic N) is 2. The van der Waals surface area contributed by atoms with Crippen LogP contribution in [-0.2, 0) is 9.59 Å². The maximum Gasteiger partial charge on any atom is 0.246 e. The third kappa shape index (κ3) is 6.13. The van der Waals surface area contributed by atoms with Gasteiger partial charge in [-0.1, -0.05) is 39.0 Å². The summed E-state index contributed by atoms with van der Waals surface area (Å²) < 4.78 is 0. The van der Waals surface area contributed by atoms with Crippen molar-refractivity contribution in [1.82, 2.24) is 20.5 Å². The second-order valence-corrected chi connectivity index (χ2v) is 11.9. The molecule has 2 aliphatic carbocycles. The third-order valence-corrected chi connectivity index (χ3v) is 9.36. The summed E-state index contributed by atoms with van der Waals surface area (Å²) >= 11 is 1.51. The zero-order valence-electron chi connectivity index (χ0n) is 21.6. The van der Waals surface area contributed by atoms with Gasteiger partial charge in [0.15, 0.2) is 5.78 Å². The summed E-state index contributed by atoms with van der Waals surface area (Å²) in [6, 6.07) is -0.952. The number of hydrogen-bond donors (Lipinski definition) is 2. The largest absolute Gasteiger partial charge is 0.343 e. The molecule has 1 aromatic heterocycles. The molecule has 3 unspecified atom stereocenters. The molecule has 194 valence electrons.